The molecule has 0 aliphatic carbocycles. The smallest absolute Gasteiger partial charge is 0.231 e. The van der Waals surface area contributed by atoms with Crippen LogP contribution in [0.15, 0.2) is 0 Å². The summed E-state index contributed by atoms with van der Waals surface area (Å²) in [6, 6.07) is 0. The molecular formula is C22H34O12S4. The lowest BCUT2D eigenvalue weighted by atomic mass is 9.91. The predicted octanol–water partition coefficient (Wildman–Crippen LogP) is 0.947. The van der Waals surface area contributed by atoms with Crippen molar-refractivity contribution in [2.45, 2.75) is 114 Å². The predicted molar refractivity (Wildman–Crippen MR) is 143 cm³/mol. The lowest BCUT2D eigenvalue weighted by molar-refractivity contribution is -0.254. The zero-order valence-corrected chi connectivity index (χ0v) is 25.0. The number of hydrogen-bond acceptors (Lipinski definition) is 16. The SMILES string of the molecule is CC1(C)OC2OC(C)(C(O)CO)[C@H](OC(=S)SSC(=S)O[C@H]3C4OC(C)(C)OC4OC3(C)C(O)CO)C2O1. The molecule has 0 amide bonds. The monoisotopic (exact) mass is 618 g/mol. The van der Waals surface area contributed by atoms with Crippen molar-refractivity contribution < 1.29 is 58.3 Å². The molecule has 10 atom stereocenters. The third-order valence-electron chi connectivity index (χ3n) is 6.94. The van der Waals surface area contributed by atoms with Crippen molar-refractivity contribution in [3.05, 3.63) is 0 Å². The Morgan fingerprint density at radius 3 is 1.34 bits per heavy atom. The highest BCUT2D eigenvalue weighted by molar-refractivity contribution is 8.89. The Bertz CT molecular complexity index is 851. The van der Waals surface area contributed by atoms with Crippen LogP contribution >= 0.6 is 46.0 Å². The molecule has 4 fully saturated rings. The molecule has 38 heavy (non-hydrogen) atoms. The van der Waals surface area contributed by atoms with Crippen LogP contribution in [0.4, 0.5) is 0 Å². The molecular weight excluding hydrogens is 584 g/mol. The lowest BCUT2D eigenvalue weighted by Crippen LogP contribution is -2.54. The second-order valence-corrected chi connectivity index (χ2v) is 14.0. The second kappa shape index (κ2) is 11.1. The molecule has 0 spiro atoms. The fourth-order valence-electron chi connectivity index (χ4n) is 4.98. The molecule has 4 rings (SSSR count). The first kappa shape index (κ1) is 31.0. The second-order valence-electron chi connectivity index (χ2n) is 10.7. The van der Waals surface area contributed by atoms with Crippen LogP contribution < -0.4 is 0 Å². The zero-order chi connectivity index (χ0) is 28.3. The van der Waals surface area contributed by atoms with Gasteiger partial charge in [0.25, 0.3) is 0 Å². The van der Waals surface area contributed by atoms with Crippen molar-refractivity contribution in [2.24, 2.45) is 0 Å². The van der Waals surface area contributed by atoms with Crippen molar-refractivity contribution in [3.8, 4) is 0 Å². The van der Waals surface area contributed by atoms with E-state index in [2.05, 4.69) is 0 Å². The van der Waals surface area contributed by atoms with Crippen LogP contribution in [0, 0.1) is 0 Å². The number of aliphatic hydroxyl groups is 4. The maximum absolute atomic E-state index is 10.5. The summed E-state index contributed by atoms with van der Waals surface area (Å²) >= 11 is 10.8. The van der Waals surface area contributed by atoms with Crippen molar-refractivity contribution in [1.82, 2.24) is 0 Å². The molecule has 4 N–H and O–H groups in total. The minimum absolute atomic E-state index is 0.0418. The van der Waals surface area contributed by atoms with E-state index in [0.717, 1.165) is 21.6 Å². The molecule has 218 valence electrons. The molecule has 0 aromatic rings. The summed E-state index contributed by atoms with van der Waals surface area (Å²) in [4.78, 5) is 0. The Morgan fingerprint density at radius 1 is 0.684 bits per heavy atom. The van der Waals surface area contributed by atoms with E-state index in [1.54, 1.807) is 41.5 Å². The highest BCUT2D eigenvalue weighted by Gasteiger charge is 2.65. The summed E-state index contributed by atoms with van der Waals surface area (Å²) in [6.45, 7) is 8.93. The molecule has 4 heterocycles. The van der Waals surface area contributed by atoms with Crippen LogP contribution in [0.5, 0.6) is 0 Å². The van der Waals surface area contributed by atoms with Gasteiger partial charge in [-0.2, -0.15) is 0 Å². The molecule has 8 unspecified atom stereocenters. The van der Waals surface area contributed by atoms with Gasteiger partial charge >= 0.3 is 0 Å². The molecule has 0 bridgehead atoms. The van der Waals surface area contributed by atoms with Crippen LogP contribution in [-0.2, 0) is 37.9 Å². The average Bonchev–Trinajstić information content (AvgIpc) is 3.45. The summed E-state index contributed by atoms with van der Waals surface area (Å²) in [5.74, 6) is -1.87. The maximum atomic E-state index is 10.5. The van der Waals surface area contributed by atoms with Crippen molar-refractivity contribution in [3.63, 3.8) is 0 Å². The van der Waals surface area contributed by atoms with Crippen LogP contribution in [0.25, 0.3) is 0 Å². The van der Waals surface area contributed by atoms with Gasteiger partial charge in [-0.05, 0) is 66.0 Å². The molecule has 0 aromatic carbocycles. The van der Waals surface area contributed by atoms with Crippen molar-refractivity contribution >= 4 is 54.8 Å². The van der Waals surface area contributed by atoms with Gasteiger partial charge in [0.15, 0.2) is 48.6 Å². The van der Waals surface area contributed by atoms with Crippen LogP contribution in [0.2, 0.25) is 0 Å². The normalized spacial score (nSPS) is 42.4. The maximum Gasteiger partial charge on any atom is 0.231 e. The standard InChI is InChI=1S/C22H34O12S4/c1-19(2)29-11-13(21(5,9(25)7-23)33-15(11)31-19)27-17(35)37-38-18(36)28-14-12-16(32-20(3,4)30-12)34-22(14,6)10(26)8-24/h9-16,23-26H,7-8H2,1-6H3/t9?,10?,11?,12?,13-,14+,15?,16?,21?,22?. The first-order valence-corrected chi connectivity index (χ1v) is 14.9. The van der Waals surface area contributed by atoms with E-state index in [4.69, 9.17) is 62.3 Å². The summed E-state index contributed by atoms with van der Waals surface area (Å²) in [5, 5.41) is 40.1. The number of rotatable bonds is 6. The first-order chi connectivity index (χ1) is 17.5. The largest absolute Gasteiger partial charge is 0.468 e. The summed E-state index contributed by atoms with van der Waals surface area (Å²) in [5.41, 5.74) is -2.73. The van der Waals surface area contributed by atoms with Crippen LogP contribution in [0.1, 0.15) is 41.5 Å². The molecule has 4 aliphatic heterocycles. The van der Waals surface area contributed by atoms with Gasteiger partial charge in [-0.25, -0.2) is 0 Å². The number of ether oxygens (including phenoxy) is 8. The van der Waals surface area contributed by atoms with Gasteiger partial charge in [0.1, 0.15) is 23.4 Å². The Morgan fingerprint density at radius 2 is 1.03 bits per heavy atom. The van der Waals surface area contributed by atoms with Gasteiger partial charge in [-0.15, -0.1) is 0 Å². The highest BCUT2D eigenvalue weighted by atomic mass is 33.1. The number of thiocarbonyl (C=S) groups is 2. The van der Waals surface area contributed by atoms with E-state index < -0.39 is 85.2 Å². The van der Waals surface area contributed by atoms with Gasteiger partial charge in [0.05, 0.1) is 13.2 Å². The minimum Gasteiger partial charge on any atom is -0.468 e. The van der Waals surface area contributed by atoms with E-state index in [0.29, 0.717) is 0 Å². The minimum atomic E-state index is -1.36. The summed E-state index contributed by atoms with van der Waals surface area (Å²) < 4.78 is 47.2. The van der Waals surface area contributed by atoms with Crippen molar-refractivity contribution in [2.75, 3.05) is 13.2 Å². The average molecular weight is 619 g/mol. The molecule has 12 nitrogen and oxygen atoms in total. The Balaban J connectivity index is 1.39. The van der Waals surface area contributed by atoms with E-state index in [-0.39, 0.29) is 8.77 Å². The Kier molecular flexibility index (Phi) is 9.03. The topological polar surface area (TPSA) is 155 Å². The van der Waals surface area contributed by atoms with E-state index in [1.807, 2.05) is 0 Å². The van der Waals surface area contributed by atoms with Crippen molar-refractivity contribution in [1.29, 1.82) is 0 Å². The quantitative estimate of drug-likeness (QED) is 0.246. The van der Waals surface area contributed by atoms with Gasteiger partial charge in [-0.3, -0.25) is 0 Å². The number of fused-ring (bicyclic) bond motifs is 2. The first-order valence-electron chi connectivity index (χ1n) is 12.0. The molecule has 4 saturated heterocycles. The summed E-state index contributed by atoms with van der Waals surface area (Å²) in [6.07, 6.45) is -7.44. The number of aliphatic hydroxyl groups excluding tert-OH is 4. The van der Waals surface area contributed by atoms with Gasteiger partial charge in [-0.1, -0.05) is 0 Å². The molecule has 0 aromatic heterocycles. The highest BCUT2D eigenvalue weighted by Crippen LogP contribution is 2.47. The van der Waals surface area contributed by atoms with Crippen LogP contribution in [0.3, 0.4) is 0 Å². The van der Waals surface area contributed by atoms with Crippen LogP contribution in [-0.4, -0.2) is 114 Å². The van der Waals surface area contributed by atoms with E-state index in [1.165, 1.54) is 0 Å². The Labute approximate surface area is 239 Å². The fraction of sp³-hybridized carbons (Fsp3) is 0.909. The van der Waals surface area contributed by atoms with E-state index in [9.17, 15) is 20.4 Å². The number of hydrogen-bond donors (Lipinski definition) is 4. The third kappa shape index (κ3) is 5.86. The van der Waals surface area contributed by atoms with Gasteiger partial charge < -0.3 is 58.3 Å². The molecule has 4 aliphatic rings. The fourth-order valence-corrected chi connectivity index (χ4v) is 6.86. The zero-order valence-electron chi connectivity index (χ0n) is 21.7. The van der Waals surface area contributed by atoms with E-state index >= 15 is 0 Å². The van der Waals surface area contributed by atoms with Gasteiger partial charge in [0.2, 0.25) is 8.77 Å². The summed E-state index contributed by atoms with van der Waals surface area (Å²) in [7, 11) is 1.97. The molecule has 16 heteroatoms. The Hall–Kier alpha value is 0.0800. The third-order valence-corrected chi connectivity index (χ3v) is 9.97. The molecule has 0 radical (unpaired) electrons. The van der Waals surface area contributed by atoms with Gasteiger partial charge in [0, 0.05) is 21.6 Å². The molecule has 0 saturated carbocycles. The lowest BCUT2D eigenvalue weighted by Gasteiger charge is -2.36.